The average Bonchev–Trinajstić information content (AvgIpc) is 2.62. The van der Waals surface area contributed by atoms with Gasteiger partial charge in [-0.3, -0.25) is 9.69 Å². The maximum Gasteiger partial charge on any atom is 0.255 e. The van der Waals surface area contributed by atoms with Gasteiger partial charge in [-0.05, 0) is 36.8 Å². The largest absolute Gasteiger partial charge is 0.492 e. The molecule has 1 heterocycles. The summed E-state index contributed by atoms with van der Waals surface area (Å²) in [6.07, 6.45) is 0. The molecule has 5 heteroatoms. The van der Waals surface area contributed by atoms with E-state index >= 15 is 0 Å². The lowest BCUT2D eigenvalue weighted by Crippen LogP contribution is -2.49. The third kappa shape index (κ3) is 4.74. The summed E-state index contributed by atoms with van der Waals surface area (Å²) in [5.41, 5.74) is 1.78. The van der Waals surface area contributed by atoms with Crippen molar-refractivity contribution in [3.8, 4) is 5.75 Å². The maximum absolute atomic E-state index is 12.6. The molecule has 0 N–H and O–H groups in total. The van der Waals surface area contributed by atoms with Gasteiger partial charge in [0, 0.05) is 32.7 Å². The van der Waals surface area contributed by atoms with Crippen LogP contribution in [0.5, 0.6) is 5.75 Å². The van der Waals surface area contributed by atoms with Gasteiger partial charge in [0.25, 0.3) is 5.91 Å². The molecule has 0 unspecified atom stereocenters. The molecule has 3 rings (SSSR count). The highest BCUT2D eigenvalue weighted by atomic mass is 35.5. The van der Waals surface area contributed by atoms with Crippen molar-refractivity contribution in [3.63, 3.8) is 0 Å². The molecule has 4 nitrogen and oxygen atoms in total. The van der Waals surface area contributed by atoms with E-state index in [-0.39, 0.29) is 5.91 Å². The molecule has 2 aromatic rings. The molecule has 0 atom stereocenters. The van der Waals surface area contributed by atoms with E-state index in [9.17, 15) is 4.79 Å². The van der Waals surface area contributed by atoms with Gasteiger partial charge in [0.05, 0.1) is 10.6 Å². The minimum absolute atomic E-state index is 0.0151. The Morgan fingerprint density at radius 1 is 1.08 bits per heavy atom. The van der Waals surface area contributed by atoms with Crippen LogP contribution in [-0.4, -0.2) is 55.0 Å². The van der Waals surface area contributed by atoms with E-state index in [1.54, 1.807) is 12.1 Å². The van der Waals surface area contributed by atoms with E-state index in [1.807, 2.05) is 35.2 Å². The molecule has 1 aliphatic heterocycles. The molecular weight excluding hydrogens is 336 g/mol. The van der Waals surface area contributed by atoms with Crippen molar-refractivity contribution in [3.05, 3.63) is 64.7 Å². The zero-order valence-corrected chi connectivity index (χ0v) is 15.2. The van der Waals surface area contributed by atoms with E-state index in [1.165, 1.54) is 5.56 Å². The van der Waals surface area contributed by atoms with Crippen molar-refractivity contribution in [2.24, 2.45) is 0 Å². The van der Waals surface area contributed by atoms with Crippen molar-refractivity contribution in [2.75, 3.05) is 39.3 Å². The summed E-state index contributed by atoms with van der Waals surface area (Å²) in [4.78, 5) is 16.8. The zero-order valence-electron chi connectivity index (χ0n) is 14.5. The second kappa shape index (κ2) is 8.37. The van der Waals surface area contributed by atoms with Crippen LogP contribution in [0.2, 0.25) is 5.02 Å². The highest BCUT2D eigenvalue weighted by Gasteiger charge is 2.23. The number of ether oxygens (including phenoxy) is 1. The predicted octanol–water partition coefficient (Wildman–Crippen LogP) is 3.49. The van der Waals surface area contributed by atoms with Gasteiger partial charge in [0.1, 0.15) is 12.4 Å². The Morgan fingerprint density at radius 3 is 2.56 bits per heavy atom. The first-order valence-corrected chi connectivity index (χ1v) is 8.97. The Hall–Kier alpha value is -2.04. The minimum atomic E-state index is 0.0151. The number of hydrogen-bond acceptors (Lipinski definition) is 3. The van der Waals surface area contributed by atoms with E-state index in [2.05, 4.69) is 17.9 Å². The standard InChI is InChI=1S/C20H23ClN2O2/c1-16-5-4-6-17(15-16)25-14-13-22-9-11-23(12-10-22)20(24)18-7-2-3-8-19(18)21/h2-8,15H,9-14H2,1H3. The first-order chi connectivity index (χ1) is 12.1. The zero-order chi connectivity index (χ0) is 17.6. The van der Waals surface area contributed by atoms with E-state index in [0.29, 0.717) is 30.3 Å². The van der Waals surface area contributed by atoms with E-state index in [0.717, 1.165) is 25.4 Å². The number of carbonyl (C=O) groups excluding carboxylic acids is 1. The number of nitrogens with zero attached hydrogens (tertiary/aromatic N) is 2. The highest BCUT2D eigenvalue weighted by Crippen LogP contribution is 2.18. The summed E-state index contributed by atoms with van der Waals surface area (Å²) in [7, 11) is 0. The molecule has 2 aromatic carbocycles. The van der Waals surface area contributed by atoms with Crippen molar-refractivity contribution in [2.45, 2.75) is 6.92 Å². The van der Waals surface area contributed by atoms with Crippen molar-refractivity contribution < 1.29 is 9.53 Å². The van der Waals surface area contributed by atoms with Gasteiger partial charge >= 0.3 is 0 Å². The average molecular weight is 359 g/mol. The van der Waals surface area contributed by atoms with Crippen LogP contribution >= 0.6 is 11.6 Å². The van der Waals surface area contributed by atoms with Crippen LogP contribution in [0.3, 0.4) is 0 Å². The normalized spacial score (nSPS) is 15.2. The first kappa shape index (κ1) is 17.8. The summed E-state index contributed by atoms with van der Waals surface area (Å²) in [6.45, 7) is 6.72. The number of amides is 1. The number of halogens is 1. The summed E-state index contributed by atoms with van der Waals surface area (Å²) >= 11 is 6.13. The number of hydrogen-bond donors (Lipinski definition) is 0. The Kier molecular flexibility index (Phi) is 5.95. The summed E-state index contributed by atoms with van der Waals surface area (Å²) in [5, 5.41) is 0.515. The summed E-state index contributed by atoms with van der Waals surface area (Å²) < 4.78 is 5.81. The Bertz CT molecular complexity index is 727. The number of piperazine rings is 1. The molecule has 1 saturated heterocycles. The monoisotopic (exact) mass is 358 g/mol. The second-order valence-corrected chi connectivity index (χ2v) is 6.69. The van der Waals surface area contributed by atoms with Crippen LogP contribution in [-0.2, 0) is 0 Å². The van der Waals surface area contributed by atoms with Gasteiger partial charge in [0.15, 0.2) is 0 Å². The maximum atomic E-state index is 12.6. The molecular formula is C20H23ClN2O2. The summed E-state index contributed by atoms with van der Waals surface area (Å²) in [5.74, 6) is 0.925. The van der Waals surface area contributed by atoms with Gasteiger partial charge in [-0.15, -0.1) is 0 Å². The molecule has 1 aliphatic rings. The lowest BCUT2D eigenvalue weighted by molar-refractivity contribution is 0.0620. The van der Waals surface area contributed by atoms with Gasteiger partial charge in [0.2, 0.25) is 0 Å². The lowest BCUT2D eigenvalue weighted by atomic mass is 10.2. The van der Waals surface area contributed by atoms with Gasteiger partial charge in [-0.2, -0.15) is 0 Å². The van der Waals surface area contributed by atoms with Crippen LogP contribution in [0.15, 0.2) is 48.5 Å². The molecule has 0 bridgehead atoms. The van der Waals surface area contributed by atoms with Gasteiger partial charge in [-0.1, -0.05) is 35.9 Å². The molecule has 0 aliphatic carbocycles. The van der Waals surface area contributed by atoms with E-state index < -0.39 is 0 Å². The smallest absolute Gasteiger partial charge is 0.255 e. The van der Waals surface area contributed by atoms with Gasteiger partial charge in [-0.25, -0.2) is 0 Å². The molecule has 25 heavy (non-hydrogen) atoms. The first-order valence-electron chi connectivity index (χ1n) is 8.59. The molecule has 1 amide bonds. The van der Waals surface area contributed by atoms with Crippen LogP contribution in [0.4, 0.5) is 0 Å². The third-order valence-electron chi connectivity index (χ3n) is 4.43. The molecule has 0 saturated carbocycles. The number of benzene rings is 2. The van der Waals surface area contributed by atoms with Crippen LogP contribution in [0.25, 0.3) is 0 Å². The topological polar surface area (TPSA) is 32.8 Å². The Balaban J connectivity index is 1.44. The van der Waals surface area contributed by atoms with Crippen molar-refractivity contribution >= 4 is 17.5 Å². The molecule has 132 valence electrons. The quantitative estimate of drug-likeness (QED) is 0.820. The van der Waals surface area contributed by atoms with E-state index in [4.69, 9.17) is 16.3 Å². The van der Waals surface area contributed by atoms with Crippen molar-refractivity contribution in [1.82, 2.24) is 9.80 Å². The summed E-state index contributed by atoms with van der Waals surface area (Å²) in [6, 6.07) is 15.3. The lowest BCUT2D eigenvalue weighted by Gasteiger charge is -2.34. The number of rotatable bonds is 5. The Labute approximate surface area is 154 Å². The molecule has 0 radical (unpaired) electrons. The predicted molar refractivity (Wildman–Crippen MR) is 100 cm³/mol. The fourth-order valence-corrected chi connectivity index (χ4v) is 3.19. The van der Waals surface area contributed by atoms with Crippen LogP contribution in [0.1, 0.15) is 15.9 Å². The van der Waals surface area contributed by atoms with Crippen molar-refractivity contribution in [1.29, 1.82) is 0 Å². The Morgan fingerprint density at radius 2 is 1.84 bits per heavy atom. The SMILES string of the molecule is Cc1cccc(OCCN2CCN(C(=O)c3ccccc3Cl)CC2)c1. The highest BCUT2D eigenvalue weighted by molar-refractivity contribution is 6.33. The van der Waals surface area contributed by atoms with Gasteiger partial charge < -0.3 is 9.64 Å². The molecule has 0 spiro atoms. The molecule has 1 fully saturated rings. The van der Waals surface area contributed by atoms with Crippen LogP contribution in [0, 0.1) is 6.92 Å². The fraction of sp³-hybridized carbons (Fsp3) is 0.350. The van der Waals surface area contributed by atoms with Crippen LogP contribution < -0.4 is 4.74 Å². The fourth-order valence-electron chi connectivity index (χ4n) is 2.98. The minimum Gasteiger partial charge on any atom is -0.492 e. The third-order valence-corrected chi connectivity index (χ3v) is 4.76. The second-order valence-electron chi connectivity index (χ2n) is 6.28. The number of carbonyl (C=O) groups is 1. The molecule has 0 aromatic heterocycles. The number of aryl methyl sites for hydroxylation is 1.